The lowest BCUT2D eigenvalue weighted by molar-refractivity contribution is 0.287. The van der Waals surface area contributed by atoms with Gasteiger partial charge in [0.2, 0.25) is 0 Å². The molecule has 0 aromatic heterocycles. The molecule has 0 radical (unpaired) electrons. The van der Waals surface area contributed by atoms with E-state index >= 15 is 0 Å². The summed E-state index contributed by atoms with van der Waals surface area (Å²) >= 11 is 0. The van der Waals surface area contributed by atoms with Crippen LogP contribution in [0.1, 0.15) is 18.5 Å². The maximum atomic E-state index is 13.0. The van der Waals surface area contributed by atoms with Crippen LogP contribution in [-0.4, -0.2) is 13.2 Å². The number of hydrogen-bond donors (Lipinski definition) is 1. The molecule has 0 amide bonds. The van der Waals surface area contributed by atoms with Crippen LogP contribution in [0.15, 0.2) is 42.5 Å². The zero-order valence-corrected chi connectivity index (χ0v) is 11.7. The Morgan fingerprint density at radius 1 is 0.952 bits per heavy atom. The summed E-state index contributed by atoms with van der Waals surface area (Å²) in [5.74, 6) is -0.477. The number of hydrogen-bond acceptors (Lipinski definition) is 3. The van der Waals surface area contributed by atoms with Gasteiger partial charge in [-0.3, -0.25) is 0 Å². The van der Waals surface area contributed by atoms with Crippen LogP contribution in [0, 0.1) is 11.6 Å². The van der Waals surface area contributed by atoms with E-state index in [1.807, 2.05) is 31.2 Å². The molecule has 0 bridgehead atoms. The Kier molecular flexibility index (Phi) is 5.11. The minimum atomic E-state index is -0.681. The van der Waals surface area contributed by atoms with Crippen molar-refractivity contribution in [3.05, 3.63) is 59.7 Å². The number of rotatable bonds is 6. The fourth-order valence-corrected chi connectivity index (χ4v) is 1.87. The van der Waals surface area contributed by atoms with Crippen LogP contribution < -0.4 is 15.2 Å². The van der Waals surface area contributed by atoms with E-state index in [4.69, 9.17) is 15.2 Å². The molecule has 2 N–H and O–H groups in total. The lowest BCUT2D eigenvalue weighted by Gasteiger charge is -2.14. The molecule has 0 aliphatic rings. The highest BCUT2D eigenvalue weighted by Crippen LogP contribution is 2.19. The van der Waals surface area contributed by atoms with Gasteiger partial charge in [0.25, 0.3) is 0 Å². The van der Waals surface area contributed by atoms with Crippen LogP contribution in [0.3, 0.4) is 0 Å². The third-order valence-corrected chi connectivity index (χ3v) is 2.88. The van der Waals surface area contributed by atoms with Gasteiger partial charge in [-0.2, -0.15) is 0 Å². The number of nitrogens with two attached hydrogens (primary N) is 1. The average molecular weight is 293 g/mol. The molecule has 0 fully saturated rings. The van der Waals surface area contributed by atoms with Crippen LogP contribution in [0.4, 0.5) is 8.78 Å². The van der Waals surface area contributed by atoms with Crippen molar-refractivity contribution in [1.82, 2.24) is 0 Å². The highest BCUT2D eigenvalue weighted by molar-refractivity contribution is 5.29. The van der Waals surface area contributed by atoms with Crippen molar-refractivity contribution in [2.24, 2.45) is 5.73 Å². The smallest absolute Gasteiger partial charge is 0.129 e. The van der Waals surface area contributed by atoms with Crippen molar-refractivity contribution < 1.29 is 18.3 Å². The third kappa shape index (κ3) is 4.43. The Labute approximate surface area is 122 Å². The third-order valence-electron chi connectivity index (χ3n) is 2.88. The summed E-state index contributed by atoms with van der Waals surface area (Å²) in [7, 11) is 0. The van der Waals surface area contributed by atoms with Crippen molar-refractivity contribution in [3.63, 3.8) is 0 Å². The fraction of sp³-hybridized carbons (Fsp3) is 0.250. The van der Waals surface area contributed by atoms with Gasteiger partial charge in [-0.1, -0.05) is 12.1 Å². The van der Waals surface area contributed by atoms with Gasteiger partial charge in [-0.05, 0) is 24.6 Å². The van der Waals surface area contributed by atoms with Gasteiger partial charge in [0.05, 0.1) is 12.6 Å². The normalized spacial score (nSPS) is 12.0. The van der Waals surface area contributed by atoms with Crippen LogP contribution in [-0.2, 0) is 0 Å². The molecule has 2 rings (SSSR count). The Bertz CT molecular complexity index is 567. The molecule has 2 aromatic carbocycles. The van der Waals surface area contributed by atoms with E-state index < -0.39 is 17.7 Å². The molecular weight excluding hydrogens is 276 g/mol. The van der Waals surface area contributed by atoms with E-state index in [0.717, 1.165) is 29.5 Å². The van der Waals surface area contributed by atoms with E-state index in [0.29, 0.717) is 6.61 Å². The summed E-state index contributed by atoms with van der Waals surface area (Å²) in [6, 6.07) is 9.95. The second-order valence-corrected chi connectivity index (χ2v) is 4.52. The van der Waals surface area contributed by atoms with E-state index in [1.54, 1.807) is 0 Å². The molecule has 0 saturated carbocycles. The Hall–Kier alpha value is -2.14. The molecule has 21 heavy (non-hydrogen) atoms. The van der Waals surface area contributed by atoms with Gasteiger partial charge in [-0.15, -0.1) is 0 Å². The second kappa shape index (κ2) is 7.04. The van der Waals surface area contributed by atoms with Crippen LogP contribution >= 0.6 is 0 Å². The lowest BCUT2D eigenvalue weighted by Crippen LogP contribution is -2.19. The largest absolute Gasteiger partial charge is 0.494 e. The zero-order chi connectivity index (χ0) is 15.2. The molecule has 3 nitrogen and oxygen atoms in total. The van der Waals surface area contributed by atoms with Gasteiger partial charge in [0, 0.05) is 18.2 Å². The summed E-state index contributed by atoms with van der Waals surface area (Å²) in [6.07, 6.45) is 0. The fourth-order valence-electron chi connectivity index (χ4n) is 1.87. The van der Waals surface area contributed by atoms with Crippen molar-refractivity contribution >= 4 is 0 Å². The molecule has 112 valence electrons. The Balaban J connectivity index is 1.96. The molecule has 0 aliphatic carbocycles. The van der Waals surface area contributed by atoms with Gasteiger partial charge >= 0.3 is 0 Å². The molecule has 1 unspecified atom stereocenters. The molecule has 0 aliphatic heterocycles. The molecule has 1 atom stereocenters. The van der Waals surface area contributed by atoms with Crippen molar-refractivity contribution in [1.29, 1.82) is 0 Å². The van der Waals surface area contributed by atoms with Crippen molar-refractivity contribution in [2.75, 3.05) is 13.2 Å². The molecular formula is C16H17F2NO2. The first-order valence-corrected chi connectivity index (χ1v) is 6.65. The predicted octanol–water partition coefficient (Wildman–Crippen LogP) is 3.44. The quantitative estimate of drug-likeness (QED) is 0.887. The minimum Gasteiger partial charge on any atom is -0.494 e. The van der Waals surface area contributed by atoms with Crippen molar-refractivity contribution in [3.8, 4) is 11.5 Å². The predicted molar refractivity (Wildman–Crippen MR) is 76.4 cm³/mol. The summed E-state index contributed by atoms with van der Waals surface area (Å²) < 4.78 is 36.7. The Morgan fingerprint density at radius 2 is 1.57 bits per heavy atom. The van der Waals surface area contributed by atoms with Gasteiger partial charge in [0.1, 0.15) is 29.7 Å². The first-order chi connectivity index (χ1) is 10.1. The monoisotopic (exact) mass is 293 g/mol. The summed E-state index contributed by atoms with van der Waals surface area (Å²) in [6.45, 7) is 2.63. The maximum Gasteiger partial charge on any atom is 0.129 e. The number of halogens is 2. The molecule has 0 heterocycles. The van der Waals surface area contributed by atoms with Gasteiger partial charge in [0.15, 0.2) is 0 Å². The number of ether oxygens (including phenoxy) is 2. The molecule has 5 heteroatoms. The molecule has 0 saturated heterocycles. The first kappa shape index (κ1) is 15.3. The van der Waals surface area contributed by atoms with Crippen LogP contribution in [0.2, 0.25) is 0 Å². The lowest BCUT2D eigenvalue weighted by atomic mass is 10.1. The van der Waals surface area contributed by atoms with Gasteiger partial charge in [-0.25, -0.2) is 8.78 Å². The van der Waals surface area contributed by atoms with E-state index in [-0.39, 0.29) is 12.4 Å². The summed E-state index contributed by atoms with van der Waals surface area (Å²) in [5.41, 5.74) is 6.85. The highest BCUT2D eigenvalue weighted by Gasteiger charge is 2.08. The number of benzene rings is 2. The summed E-state index contributed by atoms with van der Waals surface area (Å²) in [5, 5.41) is 0. The standard InChI is InChI=1S/C16H17F2NO2/c1-2-20-14-5-3-11(4-6-14)16(19)10-21-15-8-12(17)7-13(18)9-15/h3-9,16H,2,10,19H2,1H3. The molecule has 0 spiro atoms. The minimum absolute atomic E-state index is 0.119. The SMILES string of the molecule is CCOc1ccc(C(N)COc2cc(F)cc(F)c2)cc1. The van der Waals surface area contributed by atoms with E-state index in [1.165, 1.54) is 0 Å². The first-order valence-electron chi connectivity index (χ1n) is 6.65. The molecule has 2 aromatic rings. The highest BCUT2D eigenvalue weighted by atomic mass is 19.1. The zero-order valence-electron chi connectivity index (χ0n) is 11.7. The van der Waals surface area contributed by atoms with E-state index in [9.17, 15) is 8.78 Å². The average Bonchev–Trinajstić information content (AvgIpc) is 2.45. The van der Waals surface area contributed by atoms with Crippen LogP contribution in [0.5, 0.6) is 11.5 Å². The Morgan fingerprint density at radius 3 is 2.14 bits per heavy atom. The second-order valence-electron chi connectivity index (χ2n) is 4.52. The summed E-state index contributed by atoms with van der Waals surface area (Å²) in [4.78, 5) is 0. The topological polar surface area (TPSA) is 44.5 Å². The van der Waals surface area contributed by atoms with Gasteiger partial charge < -0.3 is 15.2 Å². The van der Waals surface area contributed by atoms with Crippen molar-refractivity contribution in [2.45, 2.75) is 13.0 Å². The van der Waals surface area contributed by atoms with Crippen LogP contribution in [0.25, 0.3) is 0 Å². The maximum absolute atomic E-state index is 13.0. The van der Waals surface area contributed by atoms with E-state index in [2.05, 4.69) is 0 Å².